The Morgan fingerprint density at radius 1 is 1.04 bits per heavy atom. The topological polar surface area (TPSA) is 67.4 Å². The minimum Gasteiger partial charge on any atom is -0.492 e. The van der Waals surface area contributed by atoms with Crippen molar-refractivity contribution in [2.75, 3.05) is 17.2 Å². The van der Waals surface area contributed by atoms with Crippen LogP contribution in [0.5, 0.6) is 5.75 Å². The maximum absolute atomic E-state index is 12.6. The molecule has 2 amide bonds. The molecule has 0 unspecified atom stereocenters. The van der Waals surface area contributed by atoms with Crippen molar-refractivity contribution >= 4 is 39.1 Å². The summed E-state index contributed by atoms with van der Waals surface area (Å²) in [7, 11) is 0. The highest BCUT2D eigenvalue weighted by Gasteiger charge is 2.21. The average Bonchev–Trinajstić information content (AvgIpc) is 2.62. The molecule has 0 radical (unpaired) electrons. The molecule has 0 atom stereocenters. The molecule has 0 aliphatic carbocycles. The molecule has 6 heteroatoms. The van der Waals surface area contributed by atoms with E-state index in [4.69, 9.17) is 4.74 Å². The standard InChI is InChI=1S/C22H27BrN2O3/c1-5-6-12-28-19-11-10-15(13-18(19)23)20(26)24-16-8-7-9-17(14-16)25-21(27)22(2,3)4/h7-11,13-14H,5-6,12H2,1-4H3,(H,24,26)(H,25,27). The normalized spacial score (nSPS) is 11.0. The molecule has 0 aliphatic rings. The van der Waals surface area contributed by atoms with Gasteiger partial charge < -0.3 is 15.4 Å². The van der Waals surface area contributed by atoms with Gasteiger partial charge in [0.15, 0.2) is 0 Å². The lowest BCUT2D eigenvalue weighted by atomic mass is 9.95. The van der Waals surface area contributed by atoms with Gasteiger partial charge in [0, 0.05) is 22.4 Å². The maximum Gasteiger partial charge on any atom is 0.255 e. The van der Waals surface area contributed by atoms with Crippen LogP contribution in [-0.2, 0) is 4.79 Å². The van der Waals surface area contributed by atoms with Gasteiger partial charge in [-0.1, -0.05) is 40.2 Å². The van der Waals surface area contributed by atoms with E-state index in [0.717, 1.165) is 23.1 Å². The molecule has 0 fully saturated rings. The highest BCUT2D eigenvalue weighted by molar-refractivity contribution is 9.10. The molecule has 0 spiro atoms. The number of unbranched alkanes of at least 4 members (excludes halogenated alkanes) is 1. The van der Waals surface area contributed by atoms with Crippen molar-refractivity contribution in [2.24, 2.45) is 5.41 Å². The van der Waals surface area contributed by atoms with E-state index in [1.165, 1.54) is 0 Å². The summed E-state index contributed by atoms with van der Waals surface area (Å²) in [5, 5.41) is 5.72. The maximum atomic E-state index is 12.6. The van der Waals surface area contributed by atoms with E-state index < -0.39 is 5.41 Å². The Hall–Kier alpha value is -2.34. The third-order valence-corrected chi connectivity index (χ3v) is 4.63. The van der Waals surface area contributed by atoms with Crippen LogP contribution in [0, 0.1) is 5.41 Å². The van der Waals surface area contributed by atoms with Crippen LogP contribution in [0.2, 0.25) is 0 Å². The number of carbonyl (C=O) groups is 2. The van der Waals surface area contributed by atoms with Gasteiger partial charge in [0.2, 0.25) is 5.91 Å². The van der Waals surface area contributed by atoms with Crippen LogP contribution in [0.15, 0.2) is 46.9 Å². The SMILES string of the molecule is CCCCOc1ccc(C(=O)Nc2cccc(NC(=O)C(C)(C)C)c2)cc1Br. The minimum absolute atomic E-state index is 0.0847. The van der Waals surface area contributed by atoms with Crippen molar-refractivity contribution < 1.29 is 14.3 Å². The van der Waals surface area contributed by atoms with Crippen molar-refractivity contribution in [2.45, 2.75) is 40.5 Å². The smallest absolute Gasteiger partial charge is 0.255 e. The first-order chi connectivity index (χ1) is 13.2. The Morgan fingerprint density at radius 3 is 2.32 bits per heavy atom. The first-order valence-electron chi connectivity index (χ1n) is 9.36. The van der Waals surface area contributed by atoms with Crippen LogP contribution in [-0.4, -0.2) is 18.4 Å². The van der Waals surface area contributed by atoms with Gasteiger partial charge in [-0.15, -0.1) is 0 Å². The lowest BCUT2D eigenvalue weighted by molar-refractivity contribution is -0.123. The zero-order valence-corrected chi connectivity index (χ0v) is 18.4. The van der Waals surface area contributed by atoms with E-state index in [9.17, 15) is 9.59 Å². The number of amides is 2. The van der Waals surface area contributed by atoms with Gasteiger partial charge in [-0.3, -0.25) is 9.59 Å². The van der Waals surface area contributed by atoms with E-state index in [-0.39, 0.29) is 11.8 Å². The highest BCUT2D eigenvalue weighted by atomic mass is 79.9. The average molecular weight is 447 g/mol. The van der Waals surface area contributed by atoms with Gasteiger partial charge in [-0.25, -0.2) is 0 Å². The molecule has 0 bridgehead atoms. The third kappa shape index (κ3) is 6.37. The number of ether oxygens (including phenoxy) is 1. The zero-order valence-electron chi connectivity index (χ0n) is 16.8. The summed E-state index contributed by atoms with van der Waals surface area (Å²) in [5.41, 5.74) is 1.26. The molecular weight excluding hydrogens is 420 g/mol. The van der Waals surface area contributed by atoms with Gasteiger partial charge in [0.1, 0.15) is 5.75 Å². The fraction of sp³-hybridized carbons (Fsp3) is 0.364. The Bertz CT molecular complexity index is 844. The predicted molar refractivity (Wildman–Crippen MR) is 117 cm³/mol. The lowest BCUT2D eigenvalue weighted by Crippen LogP contribution is -2.27. The largest absolute Gasteiger partial charge is 0.492 e. The van der Waals surface area contributed by atoms with Gasteiger partial charge in [-0.05, 0) is 58.7 Å². The van der Waals surface area contributed by atoms with E-state index in [1.807, 2.05) is 20.8 Å². The fourth-order valence-electron chi connectivity index (χ4n) is 2.28. The van der Waals surface area contributed by atoms with Crippen LogP contribution in [0.3, 0.4) is 0 Å². The lowest BCUT2D eigenvalue weighted by Gasteiger charge is -2.18. The number of nitrogens with one attached hydrogen (secondary N) is 2. The summed E-state index contributed by atoms with van der Waals surface area (Å²) >= 11 is 3.46. The number of hydrogen-bond donors (Lipinski definition) is 2. The molecule has 0 saturated heterocycles. The second-order valence-electron chi connectivity index (χ2n) is 7.59. The van der Waals surface area contributed by atoms with Crippen molar-refractivity contribution in [3.8, 4) is 5.75 Å². The number of rotatable bonds is 7. The van der Waals surface area contributed by atoms with Gasteiger partial charge >= 0.3 is 0 Å². The number of hydrogen-bond acceptors (Lipinski definition) is 3. The Balaban J connectivity index is 2.05. The quantitative estimate of drug-likeness (QED) is 0.522. The molecule has 2 N–H and O–H groups in total. The number of benzene rings is 2. The zero-order chi connectivity index (χ0) is 20.7. The Kier molecular flexibility index (Phi) is 7.63. The summed E-state index contributed by atoms with van der Waals surface area (Å²) in [5.74, 6) is 0.399. The first kappa shape index (κ1) is 22.0. The van der Waals surface area contributed by atoms with Gasteiger partial charge in [0.25, 0.3) is 5.91 Å². The second-order valence-corrected chi connectivity index (χ2v) is 8.44. The molecule has 28 heavy (non-hydrogen) atoms. The summed E-state index contributed by atoms with van der Waals surface area (Å²) in [6.07, 6.45) is 2.05. The number of carbonyl (C=O) groups excluding carboxylic acids is 2. The van der Waals surface area contributed by atoms with Crippen molar-refractivity contribution in [3.63, 3.8) is 0 Å². The highest BCUT2D eigenvalue weighted by Crippen LogP contribution is 2.27. The third-order valence-electron chi connectivity index (χ3n) is 4.01. The van der Waals surface area contributed by atoms with Gasteiger partial charge in [0.05, 0.1) is 11.1 Å². The van der Waals surface area contributed by atoms with E-state index in [1.54, 1.807) is 42.5 Å². The molecule has 0 aliphatic heterocycles. The predicted octanol–water partition coefficient (Wildman–Crippen LogP) is 5.86. The van der Waals surface area contributed by atoms with Crippen LogP contribution in [0.25, 0.3) is 0 Å². The molecule has 5 nitrogen and oxygen atoms in total. The first-order valence-corrected chi connectivity index (χ1v) is 10.1. The van der Waals surface area contributed by atoms with Crippen LogP contribution in [0.1, 0.15) is 50.9 Å². The van der Waals surface area contributed by atoms with Crippen LogP contribution >= 0.6 is 15.9 Å². The Labute approximate surface area is 175 Å². The van der Waals surface area contributed by atoms with E-state index >= 15 is 0 Å². The van der Waals surface area contributed by atoms with E-state index in [0.29, 0.717) is 23.5 Å². The van der Waals surface area contributed by atoms with Crippen molar-refractivity contribution in [1.82, 2.24) is 0 Å². The number of halogens is 1. The van der Waals surface area contributed by atoms with Crippen LogP contribution < -0.4 is 15.4 Å². The number of anilines is 2. The fourth-order valence-corrected chi connectivity index (χ4v) is 2.78. The monoisotopic (exact) mass is 446 g/mol. The molecule has 0 saturated carbocycles. The van der Waals surface area contributed by atoms with E-state index in [2.05, 4.69) is 33.5 Å². The van der Waals surface area contributed by atoms with Crippen LogP contribution in [0.4, 0.5) is 11.4 Å². The minimum atomic E-state index is -0.494. The summed E-state index contributed by atoms with van der Waals surface area (Å²) < 4.78 is 6.43. The molecule has 150 valence electrons. The van der Waals surface area contributed by atoms with Gasteiger partial charge in [-0.2, -0.15) is 0 Å². The molecule has 0 heterocycles. The summed E-state index contributed by atoms with van der Waals surface area (Å²) in [6, 6.07) is 12.3. The van der Waals surface area contributed by atoms with Crippen molar-refractivity contribution in [1.29, 1.82) is 0 Å². The molecule has 2 aromatic carbocycles. The Morgan fingerprint density at radius 2 is 1.71 bits per heavy atom. The second kappa shape index (κ2) is 9.73. The molecule has 2 aromatic rings. The molecule has 0 aromatic heterocycles. The summed E-state index contributed by atoms with van der Waals surface area (Å²) in [4.78, 5) is 24.7. The van der Waals surface area contributed by atoms with Crippen molar-refractivity contribution in [3.05, 3.63) is 52.5 Å². The molecule has 2 rings (SSSR count). The summed E-state index contributed by atoms with van der Waals surface area (Å²) in [6.45, 7) is 8.30. The molecular formula is C22H27BrN2O3.